The topological polar surface area (TPSA) is 60.2 Å². The summed E-state index contributed by atoms with van der Waals surface area (Å²) < 4.78 is 13.3. The van der Waals surface area contributed by atoms with Crippen LogP contribution in [0.3, 0.4) is 0 Å². The highest BCUT2D eigenvalue weighted by Crippen LogP contribution is 2.34. The van der Waals surface area contributed by atoms with Crippen LogP contribution in [0, 0.1) is 15.9 Å². The molecule has 4 nitrogen and oxygen atoms in total. The summed E-state index contributed by atoms with van der Waals surface area (Å²) in [6, 6.07) is 10.2. The van der Waals surface area contributed by atoms with Gasteiger partial charge in [-0.2, -0.15) is 0 Å². The van der Waals surface area contributed by atoms with E-state index in [0.29, 0.717) is 22.5 Å². The zero-order chi connectivity index (χ0) is 15.7. The highest BCUT2D eigenvalue weighted by Gasteiger charge is 2.23. The Bertz CT molecular complexity index is 817. The van der Waals surface area contributed by atoms with Crippen molar-refractivity contribution in [3.05, 3.63) is 75.1 Å². The molecule has 2 aromatic rings. The number of nitro groups is 1. The number of nitro benzene ring substituents is 1. The number of halogens is 1. The Morgan fingerprint density at radius 1 is 1.23 bits per heavy atom. The standard InChI is InChI=1S/C16H10FNO3S/c17-12-4-5-15-14(8-12)16(19)11(9-22-15)6-10-2-1-3-13(7-10)18(20)21/h1-8H,9H2/b11-6+. The number of carbonyl (C=O) groups is 1. The van der Waals surface area contributed by atoms with E-state index in [2.05, 4.69) is 0 Å². The van der Waals surface area contributed by atoms with E-state index in [1.807, 2.05) is 0 Å². The molecule has 1 aliphatic heterocycles. The van der Waals surface area contributed by atoms with E-state index >= 15 is 0 Å². The van der Waals surface area contributed by atoms with Crippen molar-refractivity contribution in [3.8, 4) is 0 Å². The monoisotopic (exact) mass is 315 g/mol. The molecule has 2 aromatic carbocycles. The molecule has 6 heteroatoms. The second-order valence-corrected chi connectivity index (χ2v) is 5.80. The van der Waals surface area contributed by atoms with Crippen LogP contribution in [-0.4, -0.2) is 16.5 Å². The summed E-state index contributed by atoms with van der Waals surface area (Å²) in [5.74, 6) is -0.232. The van der Waals surface area contributed by atoms with Crippen LogP contribution in [0.4, 0.5) is 10.1 Å². The minimum absolute atomic E-state index is 0.0308. The van der Waals surface area contributed by atoms with Gasteiger partial charge in [0.2, 0.25) is 0 Å². The van der Waals surface area contributed by atoms with Crippen molar-refractivity contribution in [1.82, 2.24) is 0 Å². The zero-order valence-electron chi connectivity index (χ0n) is 11.3. The third-order valence-electron chi connectivity index (χ3n) is 3.28. The number of nitrogens with zero attached hydrogens (tertiary/aromatic N) is 1. The van der Waals surface area contributed by atoms with Crippen LogP contribution in [0.2, 0.25) is 0 Å². The molecule has 0 atom stereocenters. The lowest BCUT2D eigenvalue weighted by molar-refractivity contribution is -0.384. The van der Waals surface area contributed by atoms with Crippen molar-refractivity contribution in [3.63, 3.8) is 0 Å². The van der Waals surface area contributed by atoms with Crippen LogP contribution in [0.15, 0.2) is 52.9 Å². The van der Waals surface area contributed by atoms with Crippen LogP contribution in [-0.2, 0) is 0 Å². The fourth-order valence-electron chi connectivity index (χ4n) is 2.24. The number of thioether (sulfide) groups is 1. The van der Waals surface area contributed by atoms with Crippen molar-refractivity contribution in [2.45, 2.75) is 4.90 Å². The van der Waals surface area contributed by atoms with Gasteiger partial charge in [-0.15, -0.1) is 11.8 Å². The molecule has 110 valence electrons. The fourth-order valence-corrected chi connectivity index (χ4v) is 3.23. The summed E-state index contributed by atoms with van der Waals surface area (Å²) in [5.41, 5.74) is 1.39. The molecule has 0 radical (unpaired) electrons. The van der Waals surface area contributed by atoms with E-state index in [9.17, 15) is 19.3 Å². The van der Waals surface area contributed by atoms with Gasteiger partial charge < -0.3 is 0 Å². The molecule has 0 saturated carbocycles. The van der Waals surface area contributed by atoms with Gasteiger partial charge in [0.1, 0.15) is 5.82 Å². The number of hydrogen-bond donors (Lipinski definition) is 0. The van der Waals surface area contributed by atoms with Crippen molar-refractivity contribution in [2.75, 3.05) is 5.75 Å². The van der Waals surface area contributed by atoms with E-state index in [1.165, 1.54) is 36.0 Å². The molecule has 0 amide bonds. The van der Waals surface area contributed by atoms with Gasteiger partial charge in [0, 0.05) is 33.9 Å². The Balaban J connectivity index is 1.98. The largest absolute Gasteiger partial charge is 0.289 e. The van der Waals surface area contributed by atoms with Gasteiger partial charge in [-0.05, 0) is 29.8 Å². The van der Waals surface area contributed by atoms with E-state index in [1.54, 1.807) is 24.3 Å². The van der Waals surface area contributed by atoms with Gasteiger partial charge in [0.05, 0.1) is 4.92 Å². The molecule has 3 rings (SSSR count). The maximum absolute atomic E-state index is 13.3. The van der Waals surface area contributed by atoms with Crippen LogP contribution in [0.25, 0.3) is 6.08 Å². The van der Waals surface area contributed by atoms with Crippen molar-refractivity contribution in [1.29, 1.82) is 0 Å². The maximum Gasteiger partial charge on any atom is 0.270 e. The molecule has 0 spiro atoms. The lowest BCUT2D eigenvalue weighted by Crippen LogP contribution is -2.12. The Morgan fingerprint density at radius 3 is 2.82 bits per heavy atom. The first-order valence-corrected chi connectivity index (χ1v) is 7.45. The number of rotatable bonds is 2. The van der Waals surface area contributed by atoms with Crippen molar-refractivity contribution < 1.29 is 14.1 Å². The van der Waals surface area contributed by atoms with Crippen molar-refractivity contribution >= 4 is 29.3 Å². The maximum atomic E-state index is 13.3. The zero-order valence-corrected chi connectivity index (χ0v) is 12.1. The first-order chi connectivity index (χ1) is 10.5. The molecule has 0 aromatic heterocycles. The molecule has 1 aliphatic rings. The Kier molecular flexibility index (Phi) is 3.77. The molecule has 0 fully saturated rings. The summed E-state index contributed by atoms with van der Waals surface area (Å²) in [6.45, 7) is 0. The molecular weight excluding hydrogens is 305 g/mol. The lowest BCUT2D eigenvalue weighted by atomic mass is 10.0. The summed E-state index contributed by atoms with van der Waals surface area (Å²) in [5, 5.41) is 10.8. The molecule has 0 saturated heterocycles. The van der Waals surface area contributed by atoms with E-state index in [0.717, 1.165) is 4.90 Å². The van der Waals surface area contributed by atoms with E-state index in [4.69, 9.17) is 0 Å². The molecule has 22 heavy (non-hydrogen) atoms. The molecule has 0 N–H and O–H groups in total. The summed E-state index contributed by atoms with van der Waals surface area (Å²) in [4.78, 5) is 23.5. The van der Waals surface area contributed by atoms with Gasteiger partial charge >= 0.3 is 0 Å². The second-order valence-electron chi connectivity index (χ2n) is 4.78. The number of non-ortho nitro benzene ring substituents is 1. The fraction of sp³-hybridized carbons (Fsp3) is 0.0625. The third kappa shape index (κ3) is 2.78. The number of carbonyl (C=O) groups excluding carboxylic acids is 1. The minimum atomic E-state index is -0.482. The summed E-state index contributed by atoms with van der Waals surface area (Å²) >= 11 is 1.45. The first-order valence-electron chi connectivity index (χ1n) is 6.46. The number of Topliss-reactive ketones (excluding diaryl/α,β-unsaturated/α-hetero) is 1. The van der Waals surface area contributed by atoms with Crippen LogP contribution in [0.1, 0.15) is 15.9 Å². The van der Waals surface area contributed by atoms with E-state index < -0.39 is 10.7 Å². The minimum Gasteiger partial charge on any atom is -0.289 e. The smallest absolute Gasteiger partial charge is 0.270 e. The number of fused-ring (bicyclic) bond motifs is 1. The van der Waals surface area contributed by atoms with Crippen LogP contribution >= 0.6 is 11.8 Å². The summed E-state index contributed by atoms with van der Waals surface area (Å²) in [7, 11) is 0. The number of benzene rings is 2. The lowest BCUT2D eigenvalue weighted by Gasteiger charge is -2.16. The van der Waals surface area contributed by atoms with Crippen LogP contribution < -0.4 is 0 Å². The second kappa shape index (κ2) is 5.73. The number of ketones is 1. The van der Waals surface area contributed by atoms with Gasteiger partial charge in [0.25, 0.3) is 5.69 Å². The Labute approximate surface area is 129 Å². The predicted octanol–water partition coefficient (Wildman–Crippen LogP) is 4.11. The Morgan fingerprint density at radius 2 is 2.05 bits per heavy atom. The SMILES string of the molecule is O=C1/C(=C/c2cccc([N+](=O)[O-])c2)CSc2ccc(F)cc21. The predicted molar refractivity (Wildman–Crippen MR) is 82.5 cm³/mol. The molecule has 0 unspecified atom stereocenters. The molecule has 0 bridgehead atoms. The van der Waals surface area contributed by atoms with Gasteiger partial charge in [-0.3, -0.25) is 14.9 Å². The Hall–Kier alpha value is -2.47. The first kappa shape index (κ1) is 14.5. The normalized spacial score (nSPS) is 15.7. The van der Waals surface area contributed by atoms with Gasteiger partial charge in [-0.25, -0.2) is 4.39 Å². The highest BCUT2D eigenvalue weighted by atomic mass is 32.2. The average Bonchev–Trinajstić information content (AvgIpc) is 2.51. The highest BCUT2D eigenvalue weighted by molar-refractivity contribution is 7.99. The van der Waals surface area contributed by atoms with Crippen LogP contribution in [0.5, 0.6) is 0 Å². The quantitative estimate of drug-likeness (QED) is 0.475. The molecule has 1 heterocycles. The molecular formula is C16H10FNO3S. The van der Waals surface area contributed by atoms with Gasteiger partial charge in [-0.1, -0.05) is 12.1 Å². The summed E-state index contributed by atoms with van der Waals surface area (Å²) in [6.07, 6.45) is 1.62. The third-order valence-corrected chi connectivity index (χ3v) is 4.41. The molecule has 0 aliphatic carbocycles. The van der Waals surface area contributed by atoms with E-state index in [-0.39, 0.29) is 11.5 Å². The average molecular weight is 315 g/mol. The van der Waals surface area contributed by atoms with Gasteiger partial charge in [0.15, 0.2) is 5.78 Å². The van der Waals surface area contributed by atoms with Crippen molar-refractivity contribution in [2.24, 2.45) is 0 Å². The number of hydrogen-bond acceptors (Lipinski definition) is 4.